The van der Waals surface area contributed by atoms with Crippen molar-refractivity contribution in [3.63, 3.8) is 0 Å². The second kappa shape index (κ2) is 4.31. The Balaban J connectivity index is 2.23. The summed E-state index contributed by atoms with van der Waals surface area (Å²) in [7, 11) is 1.69. The van der Waals surface area contributed by atoms with Crippen molar-refractivity contribution >= 4 is 21.8 Å². The molecule has 0 radical (unpaired) electrons. The van der Waals surface area contributed by atoms with Gasteiger partial charge < -0.3 is 4.98 Å². The van der Waals surface area contributed by atoms with Crippen molar-refractivity contribution in [3.8, 4) is 11.3 Å². The highest BCUT2D eigenvalue weighted by molar-refractivity contribution is 6.10. The molecular weight excluding hydrogens is 262 g/mol. The Morgan fingerprint density at radius 1 is 1.00 bits per heavy atom. The van der Waals surface area contributed by atoms with Gasteiger partial charge in [0.25, 0.3) is 5.56 Å². The average Bonchev–Trinajstić information content (AvgIpc) is 2.91. The fourth-order valence-electron chi connectivity index (χ4n) is 2.75. The van der Waals surface area contributed by atoms with Crippen LogP contribution in [0.5, 0.6) is 0 Å². The maximum absolute atomic E-state index is 12.5. The van der Waals surface area contributed by atoms with Crippen molar-refractivity contribution in [2.24, 2.45) is 7.05 Å². The molecule has 0 saturated heterocycles. The van der Waals surface area contributed by atoms with Crippen molar-refractivity contribution in [1.82, 2.24) is 14.8 Å². The Bertz CT molecular complexity index is 1010. The molecule has 0 fully saturated rings. The minimum atomic E-state index is -0.0814. The molecule has 1 N–H and O–H groups in total. The Labute approximate surface area is 120 Å². The minimum Gasteiger partial charge on any atom is -0.353 e. The quantitative estimate of drug-likeness (QED) is 0.580. The number of rotatable bonds is 1. The maximum Gasteiger partial charge on any atom is 0.276 e. The first-order valence-electron chi connectivity index (χ1n) is 6.79. The lowest BCUT2D eigenvalue weighted by Gasteiger charge is -2.05. The number of H-pyrrole nitrogens is 1. The zero-order valence-electron chi connectivity index (χ0n) is 11.5. The maximum atomic E-state index is 12.5. The number of fused-ring (bicyclic) bond motifs is 3. The van der Waals surface area contributed by atoms with Gasteiger partial charge in [0.05, 0.1) is 10.9 Å². The van der Waals surface area contributed by atoms with Crippen molar-refractivity contribution < 1.29 is 0 Å². The molecule has 0 amide bonds. The molecule has 0 atom stereocenters. The number of hydrogen-bond donors (Lipinski definition) is 1. The SMILES string of the molecule is Cn1nc(-c2ccccc2)c2[nH]c3ccccc3c2c1=O. The molecule has 0 saturated carbocycles. The van der Waals surface area contributed by atoms with Crippen LogP contribution in [0.25, 0.3) is 33.1 Å². The van der Waals surface area contributed by atoms with Gasteiger partial charge in [0.1, 0.15) is 5.69 Å². The van der Waals surface area contributed by atoms with Crippen LogP contribution in [0.1, 0.15) is 0 Å². The number of hydrogen-bond acceptors (Lipinski definition) is 2. The minimum absolute atomic E-state index is 0.0814. The molecule has 0 aliphatic heterocycles. The van der Waals surface area contributed by atoms with Gasteiger partial charge in [-0.15, -0.1) is 0 Å². The summed E-state index contributed by atoms with van der Waals surface area (Å²) in [5, 5.41) is 6.07. The van der Waals surface area contributed by atoms with Crippen LogP contribution in [-0.4, -0.2) is 14.8 Å². The van der Waals surface area contributed by atoms with E-state index in [4.69, 9.17) is 0 Å². The second-order valence-electron chi connectivity index (χ2n) is 5.06. The highest BCUT2D eigenvalue weighted by Crippen LogP contribution is 2.28. The fourth-order valence-corrected chi connectivity index (χ4v) is 2.75. The predicted molar refractivity (Wildman–Crippen MR) is 84.3 cm³/mol. The third kappa shape index (κ3) is 1.69. The van der Waals surface area contributed by atoms with Gasteiger partial charge >= 0.3 is 0 Å². The number of nitrogens with zero attached hydrogens (tertiary/aromatic N) is 2. The number of benzene rings is 2. The number of nitrogens with one attached hydrogen (secondary N) is 1. The van der Waals surface area contributed by atoms with Gasteiger partial charge in [-0.1, -0.05) is 48.5 Å². The molecule has 2 aromatic carbocycles. The Morgan fingerprint density at radius 2 is 1.71 bits per heavy atom. The van der Waals surface area contributed by atoms with E-state index in [0.717, 1.165) is 27.7 Å². The second-order valence-corrected chi connectivity index (χ2v) is 5.06. The molecule has 2 heterocycles. The van der Waals surface area contributed by atoms with Crippen LogP contribution >= 0.6 is 0 Å². The van der Waals surface area contributed by atoms with E-state index in [2.05, 4.69) is 10.1 Å². The van der Waals surface area contributed by atoms with Gasteiger partial charge in [-0.25, -0.2) is 4.68 Å². The summed E-state index contributed by atoms with van der Waals surface area (Å²) in [4.78, 5) is 15.8. The van der Waals surface area contributed by atoms with Crippen molar-refractivity contribution in [2.45, 2.75) is 0 Å². The molecule has 0 bridgehead atoms. The lowest BCUT2D eigenvalue weighted by molar-refractivity contribution is 0.723. The fraction of sp³-hybridized carbons (Fsp3) is 0.0588. The van der Waals surface area contributed by atoms with E-state index in [9.17, 15) is 4.79 Å². The Kier molecular flexibility index (Phi) is 2.44. The molecule has 0 unspecified atom stereocenters. The van der Waals surface area contributed by atoms with Gasteiger partial charge in [-0.3, -0.25) is 4.79 Å². The van der Waals surface area contributed by atoms with E-state index in [1.54, 1.807) is 7.05 Å². The van der Waals surface area contributed by atoms with Crippen molar-refractivity contribution in [2.75, 3.05) is 0 Å². The molecule has 4 rings (SSSR count). The number of aryl methyl sites for hydroxylation is 1. The lowest BCUT2D eigenvalue weighted by Crippen LogP contribution is -2.20. The van der Waals surface area contributed by atoms with E-state index < -0.39 is 0 Å². The third-order valence-corrected chi connectivity index (χ3v) is 3.75. The summed E-state index contributed by atoms with van der Waals surface area (Å²) in [5.74, 6) is 0. The van der Waals surface area contributed by atoms with Crippen molar-refractivity contribution in [1.29, 1.82) is 0 Å². The molecule has 4 heteroatoms. The van der Waals surface area contributed by atoms with E-state index in [1.807, 2.05) is 54.6 Å². The largest absolute Gasteiger partial charge is 0.353 e. The lowest BCUT2D eigenvalue weighted by atomic mass is 10.1. The van der Waals surface area contributed by atoms with E-state index in [-0.39, 0.29) is 5.56 Å². The third-order valence-electron chi connectivity index (χ3n) is 3.75. The molecule has 0 aliphatic rings. The first-order chi connectivity index (χ1) is 10.3. The van der Waals surface area contributed by atoms with E-state index in [0.29, 0.717) is 5.39 Å². The topological polar surface area (TPSA) is 50.7 Å². The molecule has 4 aromatic rings. The summed E-state index contributed by atoms with van der Waals surface area (Å²) in [6.07, 6.45) is 0. The normalized spacial score (nSPS) is 11.3. The first kappa shape index (κ1) is 11.9. The zero-order chi connectivity index (χ0) is 14.4. The van der Waals surface area contributed by atoms with E-state index in [1.165, 1.54) is 4.68 Å². The zero-order valence-corrected chi connectivity index (χ0v) is 11.5. The summed E-state index contributed by atoms with van der Waals surface area (Å²) in [5.41, 5.74) is 3.45. The average molecular weight is 275 g/mol. The van der Waals surface area contributed by atoms with Gasteiger partial charge in [-0.2, -0.15) is 5.10 Å². The highest BCUT2D eigenvalue weighted by Gasteiger charge is 2.15. The molecule has 2 aromatic heterocycles. The molecule has 102 valence electrons. The van der Waals surface area contributed by atoms with Crippen LogP contribution in [-0.2, 0) is 7.05 Å². The predicted octanol–water partition coefficient (Wildman–Crippen LogP) is 3.08. The van der Waals surface area contributed by atoms with Gasteiger partial charge in [-0.05, 0) is 6.07 Å². The summed E-state index contributed by atoms with van der Waals surface area (Å²) >= 11 is 0. The van der Waals surface area contributed by atoms with Crippen LogP contribution in [0.15, 0.2) is 59.4 Å². The van der Waals surface area contributed by atoms with Crippen molar-refractivity contribution in [3.05, 3.63) is 65.0 Å². The number of aromatic nitrogens is 3. The summed E-state index contributed by atoms with van der Waals surface area (Å²) in [6.45, 7) is 0. The molecule has 21 heavy (non-hydrogen) atoms. The van der Waals surface area contributed by atoms with Gasteiger partial charge in [0.15, 0.2) is 0 Å². The van der Waals surface area contributed by atoms with Crippen LogP contribution < -0.4 is 5.56 Å². The highest BCUT2D eigenvalue weighted by atomic mass is 16.1. The summed E-state index contributed by atoms with van der Waals surface area (Å²) < 4.78 is 1.41. The van der Waals surface area contributed by atoms with Gasteiger partial charge in [0.2, 0.25) is 0 Å². The van der Waals surface area contributed by atoms with E-state index >= 15 is 0 Å². The molecule has 0 aliphatic carbocycles. The Morgan fingerprint density at radius 3 is 2.52 bits per heavy atom. The standard InChI is InChI=1S/C17H13N3O/c1-20-17(21)14-12-9-5-6-10-13(12)18-16(14)15(19-20)11-7-3-2-4-8-11/h2-10,18H,1H3. The van der Waals surface area contributed by atoms with Crippen LogP contribution in [0.2, 0.25) is 0 Å². The van der Waals surface area contributed by atoms with Crippen LogP contribution in [0, 0.1) is 0 Å². The molecular formula is C17H13N3O. The molecule has 4 nitrogen and oxygen atoms in total. The smallest absolute Gasteiger partial charge is 0.276 e. The monoisotopic (exact) mass is 275 g/mol. The first-order valence-corrected chi connectivity index (χ1v) is 6.79. The van der Waals surface area contributed by atoms with Crippen LogP contribution in [0.3, 0.4) is 0 Å². The number of aromatic amines is 1. The number of para-hydroxylation sites is 1. The van der Waals surface area contributed by atoms with Crippen LogP contribution in [0.4, 0.5) is 0 Å². The van der Waals surface area contributed by atoms with Gasteiger partial charge in [0, 0.05) is 23.5 Å². The molecule has 0 spiro atoms. The summed E-state index contributed by atoms with van der Waals surface area (Å²) in [6, 6.07) is 17.7. The Hall–Kier alpha value is -2.88.